The highest BCUT2D eigenvalue weighted by Gasteiger charge is 2.54. The lowest BCUT2D eigenvalue weighted by molar-refractivity contribution is -0.117. The maximum Gasteiger partial charge on any atom is 0.155 e. The second-order valence-corrected chi connectivity index (χ2v) is 7.99. The molecule has 1 N–H and O–H groups in total. The number of carbonyl (C=O) groups is 1. The molecule has 0 bridgehead atoms. The molecule has 0 radical (unpaired) electrons. The maximum absolute atomic E-state index is 11.8. The fourth-order valence-corrected chi connectivity index (χ4v) is 6.02. The number of carbonyl (C=O) groups excluding carboxylic acids is 1. The van der Waals surface area contributed by atoms with E-state index in [1.165, 1.54) is 25.7 Å². The smallest absolute Gasteiger partial charge is 0.155 e. The third-order valence-corrected chi connectivity index (χ3v) is 7.12. The van der Waals surface area contributed by atoms with Crippen molar-refractivity contribution in [3.63, 3.8) is 0 Å². The highest BCUT2D eigenvalue weighted by atomic mass is 16.3. The van der Waals surface area contributed by atoms with Crippen LogP contribution in [0.4, 0.5) is 0 Å². The van der Waals surface area contributed by atoms with Crippen LogP contribution < -0.4 is 0 Å². The lowest BCUT2D eigenvalue weighted by atomic mass is 9.50. The van der Waals surface area contributed by atoms with E-state index in [9.17, 15) is 9.90 Å². The van der Waals surface area contributed by atoms with Crippen molar-refractivity contribution < 1.29 is 9.90 Å². The van der Waals surface area contributed by atoms with E-state index in [0.29, 0.717) is 18.3 Å². The van der Waals surface area contributed by atoms with Crippen LogP contribution in [0.2, 0.25) is 0 Å². The van der Waals surface area contributed by atoms with Gasteiger partial charge >= 0.3 is 0 Å². The number of hydrogen-bond acceptors (Lipinski definition) is 2. The number of aliphatic hydroxyl groups excluding tert-OH is 1. The Morgan fingerprint density at radius 3 is 2.86 bits per heavy atom. The van der Waals surface area contributed by atoms with Crippen LogP contribution in [-0.4, -0.2) is 17.0 Å². The van der Waals surface area contributed by atoms with E-state index in [1.807, 2.05) is 0 Å². The maximum atomic E-state index is 11.8. The molecule has 114 valence electrons. The standard InChI is InChI=1S/C19H26O2/c1-11-3-4-14-13(11)5-6-16-15(14)10-18(21)17-9-12(20)7-8-19(16,17)2/h9,14-16,18,21H,3-8,10H2,1-2H3/t14?,15?,16?,18-,19-/m1/s1. The molecule has 0 amide bonds. The van der Waals surface area contributed by atoms with Crippen LogP contribution in [0.3, 0.4) is 0 Å². The van der Waals surface area contributed by atoms with E-state index in [1.54, 1.807) is 17.2 Å². The molecule has 0 saturated heterocycles. The topological polar surface area (TPSA) is 37.3 Å². The first-order valence-corrected chi connectivity index (χ1v) is 8.62. The highest BCUT2D eigenvalue weighted by molar-refractivity contribution is 5.91. The molecule has 2 nitrogen and oxygen atoms in total. The number of hydrogen-bond donors (Lipinski definition) is 1. The van der Waals surface area contributed by atoms with Crippen molar-refractivity contribution in [1.82, 2.24) is 0 Å². The molecule has 5 atom stereocenters. The summed E-state index contributed by atoms with van der Waals surface area (Å²) in [7, 11) is 0. The largest absolute Gasteiger partial charge is 0.389 e. The number of aliphatic hydroxyl groups is 1. The first-order chi connectivity index (χ1) is 10.0. The van der Waals surface area contributed by atoms with Gasteiger partial charge in [0.15, 0.2) is 5.78 Å². The lowest BCUT2D eigenvalue weighted by Gasteiger charge is -2.55. The summed E-state index contributed by atoms with van der Waals surface area (Å²) >= 11 is 0. The van der Waals surface area contributed by atoms with Gasteiger partial charge in [-0.05, 0) is 80.3 Å². The predicted octanol–water partition coefficient (Wildman–Crippen LogP) is 3.80. The molecule has 3 unspecified atom stereocenters. The van der Waals surface area contributed by atoms with Gasteiger partial charge in [0, 0.05) is 6.42 Å². The SMILES string of the molecule is CC1=C2CCC3C(C[C@@H](O)C4=CC(=O)CC[C@@]43C)C2CC1. The van der Waals surface area contributed by atoms with Gasteiger partial charge in [0.1, 0.15) is 0 Å². The quantitative estimate of drug-likeness (QED) is 0.688. The van der Waals surface area contributed by atoms with Gasteiger partial charge in [0.05, 0.1) is 6.10 Å². The summed E-state index contributed by atoms with van der Waals surface area (Å²) in [6, 6.07) is 0. The van der Waals surface area contributed by atoms with Crippen LogP contribution in [0.5, 0.6) is 0 Å². The monoisotopic (exact) mass is 286 g/mol. The van der Waals surface area contributed by atoms with Crippen molar-refractivity contribution in [2.45, 2.75) is 64.9 Å². The van der Waals surface area contributed by atoms with Gasteiger partial charge in [-0.3, -0.25) is 4.79 Å². The normalized spacial score (nSPS) is 45.9. The first kappa shape index (κ1) is 13.8. The zero-order chi connectivity index (χ0) is 14.8. The molecule has 0 aromatic rings. The molecular formula is C19H26O2. The Bertz CT molecular complexity index is 556. The van der Waals surface area contributed by atoms with Gasteiger partial charge in [0.2, 0.25) is 0 Å². The van der Waals surface area contributed by atoms with Crippen LogP contribution in [0, 0.1) is 23.2 Å². The van der Waals surface area contributed by atoms with Gasteiger partial charge in [-0.15, -0.1) is 0 Å². The summed E-state index contributed by atoms with van der Waals surface area (Å²) in [5, 5.41) is 10.7. The van der Waals surface area contributed by atoms with Gasteiger partial charge in [-0.2, -0.15) is 0 Å². The van der Waals surface area contributed by atoms with E-state index in [4.69, 9.17) is 0 Å². The molecular weight excluding hydrogens is 260 g/mol. The van der Waals surface area contributed by atoms with Gasteiger partial charge in [-0.25, -0.2) is 0 Å². The van der Waals surface area contributed by atoms with Crippen molar-refractivity contribution in [1.29, 1.82) is 0 Å². The van der Waals surface area contributed by atoms with E-state index >= 15 is 0 Å². The van der Waals surface area contributed by atoms with E-state index in [-0.39, 0.29) is 17.3 Å². The Hall–Kier alpha value is -0.890. The van der Waals surface area contributed by atoms with Crippen molar-refractivity contribution in [2.24, 2.45) is 23.2 Å². The number of ketones is 1. The van der Waals surface area contributed by atoms with Crippen molar-refractivity contribution >= 4 is 5.78 Å². The van der Waals surface area contributed by atoms with Crippen molar-refractivity contribution in [3.05, 3.63) is 22.8 Å². The molecule has 4 aliphatic carbocycles. The third-order valence-electron chi connectivity index (χ3n) is 7.12. The predicted molar refractivity (Wildman–Crippen MR) is 82.7 cm³/mol. The average Bonchev–Trinajstić information content (AvgIpc) is 2.83. The summed E-state index contributed by atoms with van der Waals surface area (Å²) in [5.41, 5.74) is 4.46. The highest BCUT2D eigenvalue weighted by Crippen LogP contribution is 2.61. The number of rotatable bonds is 0. The average molecular weight is 286 g/mol. The van der Waals surface area contributed by atoms with E-state index in [2.05, 4.69) is 13.8 Å². The molecule has 2 saturated carbocycles. The van der Waals surface area contributed by atoms with Crippen LogP contribution in [0.25, 0.3) is 0 Å². The zero-order valence-electron chi connectivity index (χ0n) is 13.2. The first-order valence-electron chi connectivity index (χ1n) is 8.62. The van der Waals surface area contributed by atoms with Gasteiger partial charge in [0.25, 0.3) is 0 Å². The molecule has 2 fully saturated rings. The minimum atomic E-state index is -0.388. The Balaban J connectivity index is 1.74. The number of allylic oxidation sites excluding steroid dienone is 3. The van der Waals surface area contributed by atoms with Crippen molar-refractivity contribution in [3.8, 4) is 0 Å². The van der Waals surface area contributed by atoms with Crippen molar-refractivity contribution in [2.75, 3.05) is 0 Å². The van der Waals surface area contributed by atoms with Gasteiger partial charge in [-0.1, -0.05) is 18.1 Å². The molecule has 0 aliphatic heterocycles. The minimum absolute atomic E-state index is 0.0677. The molecule has 0 aromatic carbocycles. The second kappa shape index (κ2) is 4.55. The zero-order valence-corrected chi connectivity index (χ0v) is 13.2. The molecule has 4 rings (SSSR count). The van der Waals surface area contributed by atoms with E-state index in [0.717, 1.165) is 24.3 Å². The lowest BCUT2D eigenvalue weighted by Crippen LogP contribution is -2.50. The Kier molecular flexibility index (Phi) is 2.98. The molecule has 0 spiro atoms. The number of fused-ring (bicyclic) bond motifs is 5. The summed E-state index contributed by atoms with van der Waals surface area (Å²) in [6.07, 6.45) is 8.95. The fourth-order valence-electron chi connectivity index (χ4n) is 6.02. The summed E-state index contributed by atoms with van der Waals surface area (Å²) in [5.74, 6) is 2.24. The Morgan fingerprint density at radius 1 is 1.24 bits per heavy atom. The Labute approximate surface area is 127 Å². The van der Waals surface area contributed by atoms with Crippen LogP contribution in [0.1, 0.15) is 58.8 Å². The fraction of sp³-hybridized carbons (Fsp3) is 0.737. The molecule has 21 heavy (non-hydrogen) atoms. The van der Waals surface area contributed by atoms with Crippen LogP contribution >= 0.6 is 0 Å². The summed E-state index contributed by atoms with van der Waals surface area (Å²) < 4.78 is 0. The van der Waals surface area contributed by atoms with Crippen LogP contribution in [-0.2, 0) is 4.79 Å². The second-order valence-electron chi connectivity index (χ2n) is 7.99. The summed E-state index contributed by atoms with van der Waals surface area (Å²) in [6.45, 7) is 4.63. The molecule has 0 aromatic heterocycles. The molecule has 0 heterocycles. The van der Waals surface area contributed by atoms with Gasteiger partial charge < -0.3 is 5.11 Å². The van der Waals surface area contributed by atoms with Crippen LogP contribution in [0.15, 0.2) is 22.8 Å². The summed E-state index contributed by atoms with van der Waals surface area (Å²) in [4.78, 5) is 11.8. The minimum Gasteiger partial charge on any atom is -0.389 e. The molecule has 2 heteroatoms. The molecule has 4 aliphatic rings. The van der Waals surface area contributed by atoms with E-state index < -0.39 is 0 Å². The third kappa shape index (κ3) is 1.84. The Morgan fingerprint density at radius 2 is 2.05 bits per heavy atom.